The molecule has 0 radical (unpaired) electrons. The molecule has 0 saturated carbocycles. The van der Waals surface area contributed by atoms with Crippen molar-refractivity contribution in [3.8, 4) is 16.3 Å². The highest BCUT2D eigenvalue weighted by molar-refractivity contribution is 7.22. The fourth-order valence-electron chi connectivity index (χ4n) is 5.84. The normalized spacial score (nSPS) is 12.1. The van der Waals surface area contributed by atoms with Crippen molar-refractivity contribution in [2.75, 3.05) is 7.05 Å². The topological polar surface area (TPSA) is 77.2 Å². The highest BCUT2D eigenvalue weighted by Crippen LogP contribution is 2.39. The van der Waals surface area contributed by atoms with Crippen LogP contribution in [0.3, 0.4) is 0 Å². The van der Waals surface area contributed by atoms with Gasteiger partial charge in [0.05, 0.1) is 18.1 Å². The van der Waals surface area contributed by atoms with Crippen LogP contribution in [0.15, 0.2) is 101 Å². The van der Waals surface area contributed by atoms with Crippen LogP contribution in [0.5, 0.6) is 0 Å². The van der Waals surface area contributed by atoms with E-state index in [-0.39, 0.29) is 46.4 Å². The number of carbonyl (C=O) groups is 1. The Morgan fingerprint density at radius 2 is 1.59 bits per heavy atom. The van der Waals surface area contributed by atoms with Crippen molar-refractivity contribution < 1.29 is 18.0 Å². The second-order valence-corrected chi connectivity index (χ2v) is 12.9. The average Bonchev–Trinajstić information content (AvgIpc) is 3.47. The lowest BCUT2D eigenvalue weighted by molar-refractivity contribution is -0.118. The quantitative estimate of drug-likeness (QED) is 0.142. The summed E-state index contributed by atoms with van der Waals surface area (Å²) >= 11 is 1.17. The van der Waals surface area contributed by atoms with Crippen molar-refractivity contribution in [2.24, 2.45) is 0 Å². The van der Waals surface area contributed by atoms with Gasteiger partial charge < -0.3 is 0 Å². The maximum Gasteiger partial charge on any atom is 0.338 e. The van der Waals surface area contributed by atoms with Crippen molar-refractivity contribution >= 4 is 27.3 Å². The Bertz CT molecular complexity index is 2240. The van der Waals surface area contributed by atoms with Gasteiger partial charge in [-0.1, -0.05) is 67.6 Å². The van der Waals surface area contributed by atoms with Crippen LogP contribution in [0.1, 0.15) is 48.6 Å². The van der Waals surface area contributed by atoms with Gasteiger partial charge in [-0.3, -0.25) is 19.1 Å². The molecule has 6 rings (SSSR count). The lowest BCUT2D eigenvalue weighted by Crippen LogP contribution is -2.39. The van der Waals surface area contributed by atoms with Gasteiger partial charge in [-0.2, -0.15) is 0 Å². The van der Waals surface area contributed by atoms with E-state index in [2.05, 4.69) is 9.88 Å². The van der Waals surface area contributed by atoms with Crippen LogP contribution in [-0.4, -0.2) is 31.8 Å². The summed E-state index contributed by atoms with van der Waals surface area (Å²) in [7, 11) is 1.93. The monoisotopic (exact) mass is 682 g/mol. The first-order valence-corrected chi connectivity index (χ1v) is 16.6. The zero-order valence-corrected chi connectivity index (χ0v) is 27.9. The molecule has 7 nitrogen and oxygen atoms in total. The van der Waals surface area contributed by atoms with Gasteiger partial charge in [0.2, 0.25) is 0 Å². The summed E-state index contributed by atoms with van der Waals surface area (Å²) in [6, 6.07) is 23.0. The van der Waals surface area contributed by atoms with Gasteiger partial charge in [-0.15, -0.1) is 11.3 Å². The SMILES string of the molecule is CCC(=O)Cc1ccc(-c2sc3c(c2CN(C)[C@H](C)c2ccccc2)c(=O)n(-c2ccc(F)cn2)c(=O)n3Cc2c(F)cccc2F)cc1. The third kappa shape index (κ3) is 6.77. The summed E-state index contributed by atoms with van der Waals surface area (Å²) in [6.45, 7) is 3.61. The number of pyridine rings is 1. The Morgan fingerprint density at radius 3 is 2.22 bits per heavy atom. The Hall–Kier alpha value is -5.13. The molecule has 0 bridgehead atoms. The van der Waals surface area contributed by atoms with Gasteiger partial charge in [0.1, 0.15) is 33.9 Å². The highest BCUT2D eigenvalue weighted by atomic mass is 32.1. The maximum atomic E-state index is 15.0. The molecule has 0 saturated heterocycles. The number of aromatic nitrogens is 3. The Labute approximate surface area is 284 Å². The zero-order valence-electron chi connectivity index (χ0n) is 27.1. The predicted octanol–water partition coefficient (Wildman–Crippen LogP) is 7.46. The van der Waals surface area contributed by atoms with Crippen molar-refractivity contribution in [3.63, 3.8) is 0 Å². The number of ketones is 1. The zero-order chi connectivity index (χ0) is 34.8. The molecule has 49 heavy (non-hydrogen) atoms. The molecular weight excluding hydrogens is 650 g/mol. The van der Waals surface area contributed by atoms with Gasteiger partial charge in [0.15, 0.2) is 0 Å². The highest BCUT2D eigenvalue weighted by Gasteiger charge is 2.27. The van der Waals surface area contributed by atoms with Crippen LogP contribution in [-0.2, 0) is 24.3 Å². The summed E-state index contributed by atoms with van der Waals surface area (Å²) in [6.07, 6.45) is 1.60. The number of hydrogen-bond donors (Lipinski definition) is 0. The van der Waals surface area contributed by atoms with Crippen LogP contribution < -0.4 is 11.2 Å². The van der Waals surface area contributed by atoms with Gasteiger partial charge in [-0.05, 0) is 60.5 Å². The third-order valence-corrected chi connectivity index (χ3v) is 10.1. The fraction of sp³-hybridized carbons (Fsp3) is 0.211. The summed E-state index contributed by atoms with van der Waals surface area (Å²) in [5.41, 5.74) is 1.32. The minimum atomic E-state index is -0.877. The smallest absolute Gasteiger partial charge is 0.299 e. The van der Waals surface area contributed by atoms with Crippen molar-refractivity contribution in [3.05, 3.63) is 152 Å². The number of Topliss-reactive ketones (excluding diaryl/α,β-unsaturated/α-hetero) is 1. The van der Waals surface area contributed by atoms with Gasteiger partial charge >= 0.3 is 5.69 Å². The molecule has 0 fully saturated rings. The minimum Gasteiger partial charge on any atom is -0.299 e. The lowest BCUT2D eigenvalue weighted by Gasteiger charge is -2.25. The summed E-state index contributed by atoms with van der Waals surface area (Å²) < 4.78 is 46.0. The molecule has 0 aliphatic rings. The number of halogens is 3. The standard InChI is InChI=1S/C38H33F3N4O3S/c1-4-28(46)19-24-13-15-26(16-14-24)35-30(21-43(3)23(2)25-9-6-5-7-10-25)34-36(47)45(33-18-17-27(39)20-42-33)38(48)44(37(34)49-35)22-29-31(40)11-8-12-32(29)41/h5-18,20,23H,4,19,21-22H2,1-3H3/t23-/m1/s1. The van der Waals surface area contributed by atoms with Gasteiger partial charge in [0, 0.05) is 35.9 Å². The molecule has 0 aliphatic heterocycles. The van der Waals surface area contributed by atoms with Crippen LogP contribution in [0.25, 0.3) is 26.5 Å². The largest absolute Gasteiger partial charge is 0.338 e. The molecule has 6 aromatic rings. The lowest BCUT2D eigenvalue weighted by atomic mass is 10.0. The Balaban J connectivity index is 1.63. The van der Waals surface area contributed by atoms with Gasteiger partial charge in [-0.25, -0.2) is 27.5 Å². The first-order valence-electron chi connectivity index (χ1n) is 15.8. The molecule has 3 aromatic heterocycles. The second kappa shape index (κ2) is 14.2. The maximum absolute atomic E-state index is 15.0. The van der Waals surface area contributed by atoms with E-state index in [1.54, 1.807) is 0 Å². The van der Waals surface area contributed by atoms with Crippen LogP contribution >= 0.6 is 11.3 Å². The third-order valence-electron chi connectivity index (χ3n) is 8.75. The first-order chi connectivity index (χ1) is 23.6. The van der Waals surface area contributed by atoms with E-state index < -0.39 is 35.2 Å². The van der Waals surface area contributed by atoms with E-state index in [0.717, 1.165) is 45.7 Å². The minimum absolute atomic E-state index is 0.0779. The summed E-state index contributed by atoms with van der Waals surface area (Å²) in [4.78, 5) is 47.8. The molecule has 1 atom stereocenters. The van der Waals surface area contributed by atoms with Crippen LogP contribution in [0.2, 0.25) is 0 Å². The summed E-state index contributed by atoms with van der Waals surface area (Å²) in [5, 5.41) is 0.180. The van der Waals surface area contributed by atoms with E-state index in [1.165, 1.54) is 28.0 Å². The molecule has 0 aliphatic carbocycles. The Kier molecular flexibility index (Phi) is 9.75. The fourth-order valence-corrected chi connectivity index (χ4v) is 7.14. The molecular formula is C38H33F3N4O3S. The van der Waals surface area contributed by atoms with Crippen molar-refractivity contribution in [2.45, 2.75) is 45.8 Å². The number of benzene rings is 3. The van der Waals surface area contributed by atoms with Crippen LogP contribution in [0.4, 0.5) is 13.2 Å². The molecule has 0 amide bonds. The number of nitrogens with zero attached hydrogens (tertiary/aromatic N) is 4. The molecule has 11 heteroatoms. The number of fused-ring (bicyclic) bond motifs is 1. The molecule has 0 spiro atoms. The molecule has 3 heterocycles. The second-order valence-electron chi connectivity index (χ2n) is 11.9. The van der Waals surface area contributed by atoms with Crippen molar-refractivity contribution in [1.82, 2.24) is 19.0 Å². The van der Waals surface area contributed by atoms with Gasteiger partial charge in [0.25, 0.3) is 5.56 Å². The molecule has 250 valence electrons. The van der Waals surface area contributed by atoms with E-state index in [9.17, 15) is 18.8 Å². The molecule has 0 unspecified atom stereocenters. The first kappa shape index (κ1) is 33.8. The molecule has 0 N–H and O–H groups in total. The number of thiophene rings is 1. The number of hydrogen-bond acceptors (Lipinski definition) is 6. The number of carbonyl (C=O) groups excluding carboxylic acids is 1. The predicted molar refractivity (Wildman–Crippen MR) is 186 cm³/mol. The van der Waals surface area contributed by atoms with E-state index >= 15 is 8.78 Å². The summed E-state index contributed by atoms with van der Waals surface area (Å²) in [5.74, 6) is -2.38. The average molecular weight is 683 g/mol. The van der Waals surface area contributed by atoms with Crippen LogP contribution in [0, 0.1) is 17.5 Å². The van der Waals surface area contributed by atoms with E-state index in [4.69, 9.17) is 0 Å². The van der Waals surface area contributed by atoms with E-state index in [1.807, 2.05) is 75.5 Å². The van der Waals surface area contributed by atoms with Crippen molar-refractivity contribution in [1.29, 1.82) is 0 Å². The number of rotatable bonds is 11. The molecule has 3 aromatic carbocycles. The Morgan fingerprint density at radius 1 is 0.898 bits per heavy atom. The van der Waals surface area contributed by atoms with E-state index in [0.29, 0.717) is 16.9 Å².